The number of hydrogen-bond acceptors (Lipinski definition) is 4. The van der Waals surface area contributed by atoms with Crippen LogP contribution in [0.1, 0.15) is 5.56 Å². The van der Waals surface area contributed by atoms with Crippen molar-refractivity contribution in [2.75, 3.05) is 6.61 Å². The van der Waals surface area contributed by atoms with Gasteiger partial charge in [-0.05, 0) is 5.56 Å². The summed E-state index contributed by atoms with van der Waals surface area (Å²) in [5.74, 6) is -1.24. The summed E-state index contributed by atoms with van der Waals surface area (Å²) in [6.45, 7) is 0.229. The van der Waals surface area contributed by atoms with E-state index >= 15 is 0 Å². The summed E-state index contributed by atoms with van der Waals surface area (Å²) in [7, 11) is 0. The molecule has 0 saturated carbocycles. The third-order valence-electron chi connectivity index (χ3n) is 2.10. The molecule has 2 atom stereocenters. The van der Waals surface area contributed by atoms with Crippen molar-refractivity contribution in [1.82, 2.24) is 0 Å². The van der Waals surface area contributed by atoms with Crippen LogP contribution in [-0.2, 0) is 16.1 Å². The van der Waals surface area contributed by atoms with Gasteiger partial charge in [0.15, 0.2) is 0 Å². The fraction of sp³-hybridized carbons (Fsp3) is 0.364. The lowest BCUT2D eigenvalue weighted by molar-refractivity contribution is -0.142. The molecule has 88 valence electrons. The van der Waals surface area contributed by atoms with Gasteiger partial charge < -0.3 is 20.7 Å². The summed E-state index contributed by atoms with van der Waals surface area (Å²) >= 11 is 0. The van der Waals surface area contributed by atoms with Crippen LogP contribution < -0.4 is 5.73 Å². The molecule has 0 amide bonds. The Labute approximate surface area is 93.5 Å². The third kappa shape index (κ3) is 3.98. The van der Waals surface area contributed by atoms with Gasteiger partial charge in [0.05, 0.1) is 13.2 Å². The van der Waals surface area contributed by atoms with E-state index in [1.165, 1.54) is 0 Å². The first-order valence-electron chi connectivity index (χ1n) is 4.89. The first kappa shape index (κ1) is 12.6. The number of aliphatic hydroxyl groups excluding tert-OH is 1. The molecule has 0 radical (unpaired) electrons. The summed E-state index contributed by atoms with van der Waals surface area (Å²) < 4.78 is 5.16. The van der Waals surface area contributed by atoms with Crippen molar-refractivity contribution in [1.29, 1.82) is 0 Å². The van der Waals surface area contributed by atoms with Crippen molar-refractivity contribution in [3.63, 3.8) is 0 Å². The van der Waals surface area contributed by atoms with E-state index in [-0.39, 0.29) is 6.61 Å². The Bertz CT molecular complexity index is 328. The monoisotopic (exact) mass is 225 g/mol. The lowest BCUT2D eigenvalue weighted by Crippen LogP contribution is -2.44. The fourth-order valence-electron chi connectivity index (χ4n) is 1.14. The Morgan fingerprint density at radius 1 is 1.38 bits per heavy atom. The van der Waals surface area contributed by atoms with Gasteiger partial charge in [-0.2, -0.15) is 0 Å². The largest absolute Gasteiger partial charge is 0.480 e. The summed E-state index contributed by atoms with van der Waals surface area (Å²) in [5, 5.41) is 17.9. The van der Waals surface area contributed by atoms with Crippen LogP contribution in [0.2, 0.25) is 0 Å². The Kier molecular flexibility index (Phi) is 4.91. The standard InChI is InChI=1S/C11H15NO4/c12-10(11(14)15)9(13)7-16-6-8-4-2-1-3-5-8/h1-5,9-10,13H,6-7,12H2,(H,14,15)/t9-,10-/m1/s1. The second-order valence-electron chi connectivity index (χ2n) is 3.43. The Morgan fingerprint density at radius 2 is 2.00 bits per heavy atom. The maximum Gasteiger partial charge on any atom is 0.323 e. The Morgan fingerprint density at radius 3 is 2.56 bits per heavy atom. The van der Waals surface area contributed by atoms with Gasteiger partial charge in [0.25, 0.3) is 0 Å². The normalized spacial score (nSPS) is 14.4. The molecule has 5 heteroatoms. The van der Waals surface area contributed by atoms with Gasteiger partial charge in [-0.1, -0.05) is 30.3 Å². The van der Waals surface area contributed by atoms with Crippen LogP contribution in [-0.4, -0.2) is 34.9 Å². The van der Waals surface area contributed by atoms with E-state index in [9.17, 15) is 9.90 Å². The number of benzene rings is 1. The maximum atomic E-state index is 10.4. The fourth-order valence-corrected chi connectivity index (χ4v) is 1.14. The summed E-state index contributed by atoms with van der Waals surface area (Å²) in [6, 6.07) is 8.08. The second kappa shape index (κ2) is 6.22. The van der Waals surface area contributed by atoms with E-state index in [4.69, 9.17) is 15.6 Å². The zero-order valence-electron chi connectivity index (χ0n) is 8.74. The molecule has 16 heavy (non-hydrogen) atoms. The second-order valence-corrected chi connectivity index (χ2v) is 3.43. The summed E-state index contributed by atoms with van der Waals surface area (Å²) in [5.41, 5.74) is 6.17. The smallest absolute Gasteiger partial charge is 0.323 e. The number of ether oxygens (including phenoxy) is 1. The topological polar surface area (TPSA) is 92.8 Å². The highest BCUT2D eigenvalue weighted by molar-refractivity contribution is 5.73. The lowest BCUT2D eigenvalue weighted by Gasteiger charge is -2.14. The van der Waals surface area contributed by atoms with Gasteiger partial charge in [0.1, 0.15) is 12.1 Å². The molecule has 0 aliphatic rings. The molecule has 0 heterocycles. The molecule has 0 unspecified atom stereocenters. The molecule has 0 bridgehead atoms. The number of aliphatic hydroxyl groups is 1. The molecule has 0 aromatic heterocycles. The van der Waals surface area contributed by atoms with E-state index in [2.05, 4.69) is 0 Å². The van der Waals surface area contributed by atoms with Crippen molar-refractivity contribution in [2.45, 2.75) is 18.8 Å². The first-order valence-corrected chi connectivity index (χ1v) is 4.89. The molecule has 0 saturated heterocycles. The number of nitrogens with two attached hydrogens (primary N) is 1. The van der Waals surface area contributed by atoms with Crippen LogP contribution >= 0.6 is 0 Å². The van der Waals surface area contributed by atoms with Crippen LogP contribution in [0.3, 0.4) is 0 Å². The van der Waals surface area contributed by atoms with Crippen molar-refractivity contribution in [2.24, 2.45) is 5.73 Å². The molecule has 1 aromatic rings. The molecular formula is C11H15NO4. The molecule has 0 aliphatic carbocycles. The van der Waals surface area contributed by atoms with Crippen molar-refractivity contribution >= 4 is 5.97 Å². The highest BCUT2D eigenvalue weighted by Gasteiger charge is 2.21. The van der Waals surface area contributed by atoms with Crippen LogP contribution in [0, 0.1) is 0 Å². The molecule has 0 spiro atoms. The minimum absolute atomic E-state index is 0.0949. The van der Waals surface area contributed by atoms with Gasteiger partial charge in [0, 0.05) is 0 Å². The molecule has 1 aromatic carbocycles. The van der Waals surface area contributed by atoms with Gasteiger partial charge in [-0.3, -0.25) is 4.79 Å². The van der Waals surface area contributed by atoms with E-state index < -0.39 is 18.1 Å². The third-order valence-corrected chi connectivity index (χ3v) is 2.10. The van der Waals surface area contributed by atoms with Gasteiger partial charge in [-0.15, -0.1) is 0 Å². The maximum absolute atomic E-state index is 10.4. The number of aliphatic carboxylic acids is 1. The molecule has 0 aliphatic heterocycles. The molecule has 5 nitrogen and oxygen atoms in total. The van der Waals surface area contributed by atoms with E-state index in [1.807, 2.05) is 30.3 Å². The molecule has 4 N–H and O–H groups in total. The quantitative estimate of drug-likeness (QED) is 0.632. The van der Waals surface area contributed by atoms with E-state index in [0.29, 0.717) is 6.61 Å². The Hall–Kier alpha value is -1.43. The van der Waals surface area contributed by atoms with Crippen LogP contribution in [0.5, 0.6) is 0 Å². The predicted molar refractivity (Wildman–Crippen MR) is 57.7 cm³/mol. The van der Waals surface area contributed by atoms with E-state index in [1.54, 1.807) is 0 Å². The number of carboxylic acids is 1. The first-order chi connectivity index (χ1) is 7.61. The van der Waals surface area contributed by atoms with Crippen LogP contribution in [0.25, 0.3) is 0 Å². The molecular weight excluding hydrogens is 210 g/mol. The zero-order chi connectivity index (χ0) is 12.0. The number of carboxylic acid groups (broad SMARTS) is 1. The predicted octanol–water partition coefficient (Wildman–Crippen LogP) is -0.0240. The van der Waals surface area contributed by atoms with Crippen LogP contribution in [0.15, 0.2) is 30.3 Å². The summed E-state index contributed by atoms with van der Waals surface area (Å²) in [6.07, 6.45) is -1.19. The van der Waals surface area contributed by atoms with Gasteiger partial charge >= 0.3 is 5.97 Å². The Balaban J connectivity index is 2.28. The number of hydrogen-bond donors (Lipinski definition) is 3. The molecule has 1 rings (SSSR count). The van der Waals surface area contributed by atoms with Crippen molar-refractivity contribution in [3.8, 4) is 0 Å². The molecule has 0 fully saturated rings. The van der Waals surface area contributed by atoms with Gasteiger partial charge in [-0.25, -0.2) is 0 Å². The van der Waals surface area contributed by atoms with Crippen molar-refractivity contribution < 1.29 is 19.7 Å². The van der Waals surface area contributed by atoms with Gasteiger partial charge in [0.2, 0.25) is 0 Å². The van der Waals surface area contributed by atoms with Crippen LogP contribution in [0.4, 0.5) is 0 Å². The minimum Gasteiger partial charge on any atom is -0.480 e. The SMILES string of the molecule is N[C@@H](C(=O)O)[C@H](O)COCc1ccccc1. The summed E-state index contributed by atoms with van der Waals surface area (Å²) in [4.78, 5) is 10.4. The average molecular weight is 225 g/mol. The minimum atomic E-state index is -1.31. The number of carbonyl (C=O) groups is 1. The highest BCUT2D eigenvalue weighted by atomic mass is 16.5. The lowest BCUT2D eigenvalue weighted by atomic mass is 10.2. The average Bonchev–Trinajstić information content (AvgIpc) is 2.29. The zero-order valence-corrected chi connectivity index (χ0v) is 8.74. The number of rotatable bonds is 6. The highest BCUT2D eigenvalue weighted by Crippen LogP contribution is 2.01. The van der Waals surface area contributed by atoms with E-state index in [0.717, 1.165) is 5.56 Å². The van der Waals surface area contributed by atoms with Crippen molar-refractivity contribution in [3.05, 3.63) is 35.9 Å².